The van der Waals surface area contributed by atoms with Gasteiger partial charge >= 0.3 is 0 Å². The van der Waals surface area contributed by atoms with Crippen LogP contribution in [0.15, 0.2) is 17.3 Å². The maximum atomic E-state index is 13.5. The summed E-state index contributed by atoms with van der Waals surface area (Å²) in [5, 5.41) is 6.29. The molecule has 0 spiro atoms. The molecule has 6 heteroatoms. The van der Waals surface area contributed by atoms with Crippen LogP contribution >= 0.6 is 11.6 Å². The van der Waals surface area contributed by atoms with E-state index in [0.29, 0.717) is 6.61 Å². The number of ether oxygens (including phenoxy) is 1. The van der Waals surface area contributed by atoms with Gasteiger partial charge in [0.25, 0.3) is 0 Å². The highest BCUT2D eigenvalue weighted by Crippen LogP contribution is 2.30. The monoisotopic (exact) mass is 270 g/mol. The number of nitrogens with zero attached hydrogens (tertiary/aromatic N) is 1. The highest BCUT2D eigenvalue weighted by atomic mass is 35.5. The number of rotatable bonds is 5. The molecule has 0 aliphatic heterocycles. The van der Waals surface area contributed by atoms with E-state index in [0.717, 1.165) is 6.07 Å². The van der Waals surface area contributed by atoms with Crippen LogP contribution in [0.2, 0.25) is 5.02 Å². The Morgan fingerprint density at radius 3 is 3.00 bits per heavy atom. The Labute approximate surface area is 110 Å². The van der Waals surface area contributed by atoms with Gasteiger partial charge in [0.1, 0.15) is 24.9 Å². The van der Waals surface area contributed by atoms with E-state index in [1.807, 2.05) is 0 Å². The van der Waals surface area contributed by atoms with Crippen molar-refractivity contribution < 1.29 is 14.0 Å². The Morgan fingerprint density at radius 2 is 2.33 bits per heavy atom. The summed E-state index contributed by atoms with van der Waals surface area (Å²) in [6.45, 7) is 3.84. The Kier molecular flexibility index (Phi) is 5.81. The highest BCUT2D eigenvalue weighted by molar-refractivity contribution is 6.32. The van der Waals surface area contributed by atoms with Gasteiger partial charge < -0.3 is 14.9 Å². The molecule has 1 aromatic rings. The van der Waals surface area contributed by atoms with Crippen LogP contribution in [0.1, 0.15) is 13.8 Å². The minimum atomic E-state index is -0.528. The van der Waals surface area contributed by atoms with Crippen LogP contribution in [0.25, 0.3) is 0 Å². The van der Waals surface area contributed by atoms with Crippen LogP contribution < -0.4 is 10.1 Å². The van der Waals surface area contributed by atoms with Gasteiger partial charge in [0.05, 0.1) is 10.7 Å². The molecule has 4 nitrogen and oxygen atoms in total. The predicted octanol–water partition coefficient (Wildman–Crippen LogP) is 3.23. The Hall–Kier alpha value is -1.93. The van der Waals surface area contributed by atoms with Crippen LogP contribution in [0.5, 0.6) is 5.75 Å². The third-order valence-electron chi connectivity index (χ3n) is 1.76. The molecular formula is C12H12ClFN2O2. The van der Waals surface area contributed by atoms with Crippen LogP contribution in [-0.2, 0) is 4.84 Å². The summed E-state index contributed by atoms with van der Waals surface area (Å²) in [6.07, 6.45) is 3.61. The number of hydrogen-bond donors (Lipinski definition) is 1. The number of halogens is 2. The first kappa shape index (κ1) is 14.1. The van der Waals surface area contributed by atoms with Crippen molar-refractivity contribution in [1.82, 2.24) is 0 Å². The van der Waals surface area contributed by atoms with Crippen LogP contribution in [0.4, 0.5) is 10.1 Å². The average molecular weight is 271 g/mol. The van der Waals surface area contributed by atoms with Gasteiger partial charge in [0.2, 0.25) is 0 Å². The number of anilines is 1. The van der Waals surface area contributed by atoms with Gasteiger partial charge in [0.15, 0.2) is 5.75 Å². The summed E-state index contributed by atoms with van der Waals surface area (Å²) in [6, 6.07) is 2.52. The molecule has 0 radical (unpaired) electrons. The molecule has 0 atom stereocenters. The van der Waals surface area contributed by atoms with E-state index in [4.69, 9.17) is 21.2 Å². The number of hydrogen-bond acceptors (Lipinski definition) is 3. The van der Waals surface area contributed by atoms with Crippen LogP contribution in [0, 0.1) is 17.8 Å². The van der Waals surface area contributed by atoms with Crippen molar-refractivity contribution in [2.45, 2.75) is 13.8 Å². The molecule has 0 aromatic heterocycles. The molecule has 0 amide bonds. The molecule has 0 saturated heterocycles. The van der Waals surface area contributed by atoms with Crippen molar-refractivity contribution in [3.63, 3.8) is 0 Å². The first-order chi connectivity index (χ1) is 8.69. The molecular weight excluding hydrogens is 259 g/mol. The fourth-order valence-corrected chi connectivity index (χ4v) is 1.22. The lowest BCUT2D eigenvalue weighted by molar-refractivity contribution is 0.160. The number of nitrogens with one attached hydrogen (secondary N) is 1. The average Bonchev–Trinajstić information content (AvgIpc) is 2.35. The summed E-state index contributed by atoms with van der Waals surface area (Å²) in [4.78, 5) is 4.72. The van der Waals surface area contributed by atoms with Crippen molar-refractivity contribution >= 4 is 23.6 Å². The van der Waals surface area contributed by atoms with E-state index < -0.39 is 5.82 Å². The van der Waals surface area contributed by atoms with E-state index >= 15 is 0 Å². The van der Waals surface area contributed by atoms with Crippen molar-refractivity contribution in [1.29, 1.82) is 0 Å². The molecule has 0 aliphatic rings. The van der Waals surface area contributed by atoms with Crippen LogP contribution in [0.3, 0.4) is 0 Å². The standard InChI is InChI=1S/C12H12ClFN2O2/c1-3-5-17-12-7-11(10(14)6-9(12)13)15-8-16-18-4-2/h6-8H,4H2,1-2H3,(H,15,16). The molecule has 1 aromatic carbocycles. The highest BCUT2D eigenvalue weighted by Gasteiger charge is 2.08. The van der Waals surface area contributed by atoms with Gasteiger partial charge in [0, 0.05) is 13.0 Å². The van der Waals surface area contributed by atoms with E-state index in [2.05, 4.69) is 22.5 Å². The maximum absolute atomic E-state index is 13.5. The zero-order chi connectivity index (χ0) is 13.4. The molecule has 96 valence electrons. The summed E-state index contributed by atoms with van der Waals surface area (Å²) in [5.74, 6) is 2.28. The summed E-state index contributed by atoms with van der Waals surface area (Å²) in [5.41, 5.74) is 0.163. The molecule has 0 aliphatic carbocycles. The quantitative estimate of drug-likeness (QED) is 0.387. The molecule has 1 rings (SSSR count). The zero-order valence-corrected chi connectivity index (χ0v) is 10.7. The summed E-state index contributed by atoms with van der Waals surface area (Å²) < 4.78 is 18.6. The van der Waals surface area contributed by atoms with Gasteiger partial charge in [-0.25, -0.2) is 4.39 Å². The molecule has 0 unspecified atom stereocenters. The van der Waals surface area contributed by atoms with E-state index in [-0.39, 0.29) is 16.5 Å². The Bertz CT molecular complexity index is 495. The first-order valence-corrected chi connectivity index (χ1v) is 5.54. The fraction of sp³-hybridized carbons (Fsp3) is 0.250. The molecule has 1 N–H and O–H groups in total. The third kappa shape index (κ3) is 4.15. The lowest BCUT2D eigenvalue weighted by Crippen LogP contribution is -1.99. The maximum Gasteiger partial charge on any atom is 0.161 e. The van der Waals surface area contributed by atoms with Crippen molar-refractivity contribution in [3.05, 3.63) is 23.0 Å². The lowest BCUT2D eigenvalue weighted by atomic mass is 10.3. The van der Waals surface area contributed by atoms with Crippen LogP contribution in [-0.4, -0.2) is 12.9 Å². The normalized spacial score (nSPS) is 9.78. The second-order valence-electron chi connectivity index (χ2n) is 3.01. The summed E-state index contributed by atoms with van der Waals surface area (Å²) >= 11 is 5.80. The van der Waals surface area contributed by atoms with E-state index in [9.17, 15) is 4.39 Å². The fourth-order valence-electron chi connectivity index (χ4n) is 1.03. The van der Waals surface area contributed by atoms with Gasteiger partial charge in [-0.2, -0.15) is 0 Å². The first-order valence-electron chi connectivity index (χ1n) is 5.17. The Morgan fingerprint density at radius 1 is 1.56 bits per heavy atom. The van der Waals surface area contributed by atoms with E-state index in [1.54, 1.807) is 13.8 Å². The molecule has 0 heterocycles. The SMILES string of the molecule is CC#COc1cc(NC=NOCC)c(F)cc1Cl. The van der Waals surface area contributed by atoms with Gasteiger partial charge in [-0.05, 0) is 13.0 Å². The largest absolute Gasteiger partial charge is 0.406 e. The minimum Gasteiger partial charge on any atom is -0.406 e. The second kappa shape index (κ2) is 7.41. The predicted molar refractivity (Wildman–Crippen MR) is 69.2 cm³/mol. The number of benzene rings is 1. The molecule has 0 bridgehead atoms. The van der Waals surface area contributed by atoms with Crippen molar-refractivity contribution in [2.75, 3.05) is 11.9 Å². The van der Waals surface area contributed by atoms with Crippen molar-refractivity contribution in [3.8, 4) is 17.8 Å². The number of oxime groups is 1. The third-order valence-corrected chi connectivity index (χ3v) is 2.06. The summed E-state index contributed by atoms with van der Waals surface area (Å²) in [7, 11) is 0. The second-order valence-corrected chi connectivity index (χ2v) is 3.42. The van der Waals surface area contributed by atoms with Gasteiger partial charge in [-0.15, -0.1) is 0 Å². The zero-order valence-electron chi connectivity index (χ0n) is 9.96. The topological polar surface area (TPSA) is 42.8 Å². The smallest absolute Gasteiger partial charge is 0.161 e. The van der Waals surface area contributed by atoms with Gasteiger partial charge in [-0.1, -0.05) is 22.7 Å². The van der Waals surface area contributed by atoms with Gasteiger partial charge in [-0.3, -0.25) is 0 Å². The molecule has 0 fully saturated rings. The van der Waals surface area contributed by atoms with E-state index in [1.165, 1.54) is 12.4 Å². The molecule has 18 heavy (non-hydrogen) atoms. The minimum absolute atomic E-state index is 0.141. The Balaban J connectivity index is 2.86. The van der Waals surface area contributed by atoms with Crippen molar-refractivity contribution in [2.24, 2.45) is 5.16 Å². The molecule has 0 saturated carbocycles. The lowest BCUT2D eigenvalue weighted by Gasteiger charge is -2.06.